The summed E-state index contributed by atoms with van der Waals surface area (Å²) in [5.41, 5.74) is 1.22. The molecule has 0 heterocycles. The molecule has 0 spiro atoms. The van der Waals surface area contributed by atoms with Crippen LogP contribution in [0.2, 0.25) is 0 Å². The summed E-state index contributed by atoms with van der Waals surface area (Å²) in [5.74, 6) is 0. The van der Waals surface area contributed by atoms with Crippen LogP contribution in [0.5, 0.6) is 0 Å². The number of para-hydroxylation sites is 1. The lowest BCUT2D eigenvalue weighted by atomic mass is 10.1. The SMILES string of the molecule is CCC(CC)N(C)CCCNc1ccccc1. The van der Waals surface area contributed by atoms with Gasteiger partial charge in [0.1, 0.15) is 0 Å². The number of rotatable bonds is 8. The lowest BCUT2D eigenvalue weighted by molar-refractivity contribution is 0.229. The highest BCUT2D eigenvalue weighted by atomic mass is 15.1. The Bertz CT molecular complexity index is 280. The van der Waals surface area contributed by atoms with Gasteiger partial charge in [0.25, 0.3) is 0 Å². The summed E-state index contributed by atoms with van der Waals surface area (Å²) >= 11 is 0. The van der Waals surface area contributed by atoms with Gasteiger partial charge in [0.2, 0.25) is 0 Å². The Kier molecular flexibility index (Phi) is 6.71. The van der Waals surface area contributed by atoms with Gasteiger partial charge in [0.15, 0.2) is 0 Å². The zero-order valence-corrected chi connectivity index (χ0v) is 11.4. The predicted molar refractivity (Wildman–Crippen MR) is 76.5 cm³/mol. The topological polar surface area (TPSA) is 15.3 Å². The maximum Gasteiger partial charge on any atom is 0.0340 e. The minimum Gasteiger partial charge on any atom is -0.385 e. The highest BCUT2D eigenvalue weighted by molar-refractivity contribution is 5.42. The molecule has 0 amide bonds. The maximum atomic E-state index is 3.45. The average molecular weight is 234 g/mol. The minimum atomic E-state index is 0.742. The van der Waals surface area contributed by atoms with Crippen LogP contribution >= 0.6 is 0 Å². The van der Waals surface area contributed by atoms with Crippen molar-refractivity contribution < 1.29 is 0 Å². The molecule has 1 rings (SSSR count). The van der Waals surface area contributed by atoms with Crippen molar-refractivity contribution in [2.75, 3.05) is 25.5 Å². The molecule has 0 aliphatic rings. The number of benzene rings is 1. The van der Waals surface area contributed by atoms with E-state index in [1.165, 1.54) is 31.5 Å². The molecule has 0 bridgehead atoms. The second kappa shape index (κ2) is 8.13. The average Bonchev–Trinajstić information content (AvgIpc) is 2.37. The summed E-state index contributed by atoms with van der Waals surface area (Å²) in [6.45, 7) is 6.76. The number of nitrogens with zero attached hydrogens (tertiary/aromatic N) is 1. The molecule has 2 heteroatoms. The molecule has 0 aliphatic carbocycles. The van der Waals surface area contributed by atoms with Crippen molar-refractivity contribution in [3.05, 3.63) is 30.3 Å². The smallest absolute Gasteiger partial charge is 0.0340 e. The van der Waals surface area contributed by atoms with Gasteiger partial charge < -0.3 is 10.2 Å². The number of hydrogen-bond donors (Lipinski definition) is 1. The van der Waals surface area contributed by atoms with Crippen molar-refractivity contribution in [2.45, 2.75) is 39.2 Å². The van der Waals surface area contributed by atoms with Gasteiger partial charge in [0, 0.05) is 18.3 Å². The first-order valence-electron chi connectivity index (χ1n) is 6.77. The Balaban J connectivity index is 2.16. The minimum absolute atomic E-state index is 0.742. The van der Waals surface area contributed by atoms with Crippen molar-refractivity contribution in [3.8, 4) is 0 Å². The van der Waals surface area contributed by atoms with E-state index in [1.54, 1.807) is 0 Å². The highest BCUT2D eigenvalue weighted by Crippen LogP contribution is 2.07. The summed E-state index contributed by atoms with van der Waals surface area (Å²) in [6, 6.07) is 11.2. The Labute approximate surface area is 106 Å². The number of hydrogen-bond acceptors (Lipinski definition) is 2. The van der Waals surface area contributed by atoms with E-state index in [4.69, 9.17) is 0 Å². The van der Waals surface area contributed by atoms with Crippen molar-refractivity contribution in [3.63, 3.8) is 0 Å². The summed E-state index contributed by atoms with van der Waals surface area (Å²) in [6.07, 6.45) is 3.69. The fraction of sp³-hybridized carbons (Fsp3) is 0.600. The molecule has 0 radical (unpaired) electrons. The van der Waals surface area contributed by atoms with Crippen molar-refractivity contribution >= 4 is 5.69 Å². The highest BCUT2D eigenvalue weighted by Gasteiger charge is 2.08. The first-order chi connectivity index (χ1) is 8.27. The zero-order chi connectivity index (χ0) is 12.5. The molecule has 1 N–H and O–H groups in total. The quantitative estimate of drug-likeness (QED) is 0.691. The second-order valence-corrected chi connectivity index (χ2v) is 4.60. The lowest BCUT2D eigenvalue weighted by Crippen LogP contribution is -2.32. The Hall–Kier alpha value is -1.02. The van der Waals surface area contributed by atoms with Crippen LogP contribution in [0.25, 0.3) is 0 Å². The normalized spacial score (nSPS) is 11.1. The van der Waals surface area contributed by atoms with Crippen molar-refractivity contribution in [1.29, 1.82) is 0 Å². The van der Waals surface area contributed by atoms with E-state index in [2.05, 4.69) is 55.4 Å². The van der Waals surface area contributed by atoms with Crippen LogP contribution in [0.1, 0.15) is 33.1 Å². The maximum absolute atomic E-state index is 3.45. The van der Waals surface area contributed by atoms with Crippen LogP contribution in [0.3, 0.4) is 0 Å². The van der Waals surface area contributed by atoms with Gasteiger partial charge in [-0.25, -0.2) is 0 Å². The molecule has 17 heavy (non-hydrogen) atoms. The predicted octanol–water partition coefficient (Wildman–Crippen LogP) is 3.61. The fourth-order valence-electron chi connectivity index (χ4n) is 2.21. The van der Waals surface area contributed by atoms with Crippen molar-refractivity contribution in [2.24, 2.45) is 0 Å². The van der Waals surface area contributed by atoms with E-state index in [0.29, 0.717) is 0 Å². The van der Waals surface area contributed by atoms with Crippen LogP contribution in [0.15, 0.2) is 30.3 Å². The van der Waals surface area contributed by atoms with Crippen LogP contribution < -0.4 is 5.32 Å². The Morgan fingerprint density at radius 1 is 1.12 bits per heavy atom. The summed E-state index contributed by atoms with van der Waals surface area (Å²) in [4.78, 5) is 2.48. The molecule has 1 aromatic rings. The molecule has 0 saturated heterocycles. The third-order valence-corrected chi connectivity index (χ3v) is 3.36. The Morgan fingerprint density at radius 3 is 2.35 bits per heavy atom. The summed E-state index contributed by atoms with van der Waals surface area (Å²) < 4.78 is 0. The fourth-order valence-corrected chi connectivity index (χ4v) is 2.21. The molecule has 96 valence electrons. The molecule has 0 atom stereocenters. The van der Waals surface area contributed by atoms with Gasteiger partial charge in [0.05, 0.1) is 0 Å². The molecule has 0 fully saturated rings. The monoisotopic (exact) mass is 234 g/mol. The van der Waals surface area contributed by atoms with E-state index < -0.39 is 0 Å². The molecular weight excluding hydrogens is 208 g/mol. The molecule has 0 aromatic heterocycles. The van der Waals surface area contributed by atoms with Crippen molar-refractivity contribution in [1.82, 2.24) is 4.90 Å². The summed E-state index contributed by atoms with van der Waals surface area (Å²) in [5, 5.41) is 3.45. The van der Waals surface area contributed by atoms with E-state index in [9.17, 15) is 0 Å². The van der Waals surface area contributed by atoms with Crippen LogP contribution in [-0.4, -0.2) is 31.1 Å². The molecule has 0 aliphatic heterocycles. The molecule has 0 saturated carbocycles. The van der Waals surface area contributed by atoms with Gasteiger partial charge in [-0.1, -0.05) is 32.0 Å². The first kappa shape index (κ1) is 14.0. The molecule has 0 unspecified atom stereocenters. The van der Waals surface area contributed by atoms with Gasteiger partial charge in [-0.05, 0) is 45.0 Å². The van der Waals surface area contributed by atoms with Crippen LogP contribution in [-0.2, 0) is 0 Å². The largest absolute Gasteiger partial charge is 0.385 e. The standard InChI is InChI=1S/C15H26N2/c1-4-15(5-2)17(3)13-9-12-16-14-10-7-6-8-11-14/h6-8,10-11,15-16H,4-5,9,12-13H2,1-3H3. The second-order valence-electron chi connectivity index (χ2n) is 4.60. The third kappa shape index (κ3) is 5.22. The lowest BCUT2D eigenvalue weighted by Gasteiger charge is -2.26. The van der Waals surface area contributed by atoms with Gasteiger partial charge in [-0.2, -0.15) is 0 Å². The number of anilines is 1. The molecule has 1 aromatic carbocycles. The first-order valence-corrected chi connectivity index (χ1v) is 6.77. The van der Waals surface area contributed by atoms with E-state index in [0.717, 1.165) is 12.6 Å². The zero-order valence-electron chi connectivity index (χ0n) is 11.4. The third-order valence-electron chi connectivity index (χ3n) is 3.36. The van der Waals surface area contributed by atoms with Crippen LogP contribution in [0.4, 0.5) is 5.69 Å². The van der Waals surface area contributed by atoms with Crippen LogP contribution in [0, 0.1) is 0 Å². The van der Waals surface area contributed by atoms with E-state index >= 15 is 0 Å². The van der Waals surface area contributed by atoms with Gasteiger partial charge in [-0.3, -0.25) is 0 Å². The molecule has 2 nitrogen and oxygen atoms in total. The Morgan fingerprint density at radius 2 is 1.76 bits per heavy atom. The van der Waals surface area contributed by atoms with Gasteiger partial charge >= 0.3 is 0 Å². The van der Waals surface area contributed by atoms with Gasteiger partial charge in [-0.15, -0.1) is 0 Å². The number of nitrogens with one attached hydrogen (secondary N) is 1. The van der Waals surface area contributed by atoms with E-state index in [1.807, 2.05) is 6.07 Å². The molecular formula is C15H26N2. The van der Waals surface area contributed by atoms with E-state index in [-0.39, 0.29) is 0 Å². The summed E-state index contributed by atoms with van der Waals surface area (Å²) in [7, 11) is 2.24.